The summed E-state index contributed by atoms with van der Waals surface area (Å²) in [6.45, 7) is 6.66. The van der Waals surface area contributed by atoms with Crippen LogP contribution in [0.4, 0.5) is 0 Å². The van der Waals surface area contributed by atoms with Crippen LogP contribution < -0.4 is 0 Å². The van der Waals surface area contributed by atoms with Gasteiger partial charge >= 0.3 is 5.97 Å². The van der Waals surface area contributed by atoms with Crippen molar-refractivity contribution in [1.29, 1.82) is 0 Å². The number of hydrogen-bond donors (Lipinski definition) is 1. The van der Waals surface area contributed by atoms with Crippen molar-refractivity contribution in [3.8, 4) is 0 Å². The van der Waals surface area contributed by atoms with Crippen LogP contribution in [-0.4, -0.2) is 34.5 Å². The lowest BCUT2D eigenvalue weighted by atomic mass is 9.80. The Labute approximate surface area is 223 Å². The van der Waals surface area contributed by atoms with E-state index in [-0.39, 0.29) is 5.85 Å². The van der Waals surface area contributed by atoms with Gasteiger partial charge in [-0.25, -0.2) is 0 Å². The summed E-state index contributed by atoms with van der Waals surface area (Å²) in [5.74, 6) is 0.0766. The molecule has 1 saturated carbocycles. The molecule has 5 rings (SSSR count). The van der Waals surface area contributed by atoms with Crippen molar-refractivity contribution >= 4 is 20.0 Å². The molecule has 0 bridgehead atoms. The van der Waals surface area contributed by atoms with Gasteiger partial charge in [-0.1, -0.05) is 80.2 Å². The number of carbonyl (C=O) groups is 1. The van der Waals surface area contributed by atoms with Crippen LogP contribution in [-0.2, 0) is 22.6 Å². The van der Waals surface area contributed by atoms with Crippen molar-refractivity contribution < 1.29 is 14.7 Å². The van der Waals surface area contributed by atoms with Crippen LogP contribution in [0.1, 0.15) is 105 Å². The molecule has 37 heavy (non-hydrogen) atoms. The zero-order valence-electron chi connectivity index (χ0n) is 22.3. The molecule has 0 spiro atoms. The average molecular weight is 521 g/mol. The normalized spacial score (nSPS) is 23.1. The molecule has 3 aliphatic rings. The summed E-state index contributed by atoms with van der Waals surface area (Å²) in [7, 11) is 0.502. The molecule has 1 aliphatic carbocycles. The van der Waals surface area contributed by atoms with Crippen LogP contribution in [0, 0.1) is 5.41 Å². The highest BCUT2D eigenvalue weighted by molar-refractivity contribution is 7.59. The number of rotatable bonds is 8. The van der Waals surface area contributed by atoms with Crippen LogP contribution in [0.15, 0.2) is 47.6 Å². The summed E-state index contributed by atoms with van der Waals surface area (Å²) >= 11 is 0. The highest BCUT2D eigenvalue weighted by atomic mass is 31.1. The standard InChI is InChI=1S/C31H41N2O3P/c1-3-7-25-20-26(14-15-27(25)23-8-5-4-6-9-23)29-36-32-28(37-29)24-12-10-22(11-13-24)21-33-18-16-31(2,17-19-33)30(34)35/h10-15,20,23,29,37H,3-9,16-19,21H2,1-2H3,(H,34,35). The smallest absolute Gasteiger partial charge is 0.309 e. The van der Waals surface area contributed by atoms with E-state index in [4.69, 9.17) is 4.84 Å². The van der Waals surface area contributed by atoms with Gasteiger partial charge < -0.3 is 9.94 Å². The van der Waals surface area contributed by atoms with E-state index in [1.807, 2.05) is 6.92 Å². The van der Waals surface area contributed by atoms with Gasteiger partial charge in [0.15, 0.2) is 5.85 Å². The third-order valence-electron chi connectivity index (χ3n) is 8.66. The maximum Gasteiger partial charge on any atom is 0.309 e. The molecule has 2 unspecified atom stereocenters. The number of aryl methyl sites for hydroxylation is 1. The van der Waals surface area contributed by atoms with Gasteiger partial charge in [-0.15, -0.1) is 0 Å². The Hall–Kier alpha value is -2.23. The molecule has 1 saturated heterocycles. The predicted octanol–water partition coefficient (Wildman–Crippen LogP) is 7.44. The molecule has 2 aliphatic heterocycles. The fraction of sp³-hybridized carbons (Fsp3) is 0.548. The Morgan fingerprint density at radius 3 is 2.51 bits per heavy atom. The molecule has 1 N–H and O–H groups in total. The molecule has 0 radical (unpaired) electrons. The predicted molar refractivity (Wildman–Crippen MR) is 152 cm³/mol. The van der Waals surface area contributed by atoms with Crippen molar-refractivity contribution in [1.82, 2.24) is 4.90 Å². The van der Waals surface area contributed by atoms with E-state index >= 15 is 0 Å². The van der Waals surface area contributed by atoms with Crippen molar-refractivity contribution in [3.05, 3.63) is 70.3 Å². The van der Waals surface area contributed by atoms with Crippen LogP contribution in [0.3, 0.4) is 0 Å². The lowest BCUT2D eigenvalue weighted by molar-refractivity contribution is -0.150. The molecule has 2 aromatic rings. The quantitative estimate of drug-likeness (QED) is 0.367. The van der Waals surface area contributed by atoms with Crippen LogP contribution in [0.5, 0.6) is 0 Å². The number of likely N-dealkylation sites (tertiary alicyclic amines) is 1. The van der Waals surface area contributed by atoms with Gasteiger partial charge in [0.05, 0.1) is 5.41 Å². The SMILES string of the molecule is CCCc1cc(C2ON=C(c3ccc(CN4CCC(C)(C(=O)O)CC4)cc3)P2)ccc1C1CCCCC1. The zero-order valence-corrected chi connectivity index (χ0v) is 23.3. The first-order valence-corrected chi connectivity index (χ1v) is 15.2. The molecular weight excluding hydrogens is 479 g/mol. The van der Waals surface area contributed by atoms with Gasteiger partial charge in [-0.05, 0) is 88.9 Å². The van der Waals surface area contributed by atoms with E-state index in [2.05, 4.69) is 59.4 Å². The Bertz CT molecular complexity index is 1120. The van der Waals surface area contributed by atoms with Crippen molar-refractivity contribution in [3.63, 3.8) is 0 Å². The first kappa shape index (κ1) is 26.4. The second-order valence-electron chi connectivity index (χ2n) is 11.5. The number of carboxylic acid groups (broad SMARTS) is 1. The first-order valence-electron chi connectivity index (χ1n) is 14.1. The lowest BCUT2D eigenvalue weighted by Gasteiger charge is -2.36. The van der Waals surface area contributed by atoms with E-state index in [0.717, 1.165) is 43.0 Å². The summed E-state index contributed by atoms with van der Waals surface area (Å²) in [6, 6.07) is 15.8. The highest BCUT2D eigenvalue weighted by Crippen LogP contribution is 2.45. The maximum atomic E-state index is 11.5. The molecule has 2 aromatic carbocycles. The third kappa shape index (κ3) is 6.10. The minimum absolute atomic E-state index is 0.0163. The van der Waals surface area contributed by atoms with Gasteiger partial charge in [0.25, 0.3) is 0 Å². The second kappa shape index (κ2) is 11.7. The Morgan fingerprint density at radius 2 is 1.84 bits per heavy atom. The molecule has 0 aromatic heterocycles. The zero-order chi connectivity index (χ0) is 25.8. The van der Waals surface area contributed by atoms with Gasteiger partial charge in [0, 0.05) is 12.1 Å². The summed E-state index contributed by atoms with van der Waals surface area (Å²) < 4.78 is 0. The fourth-order valence-corrected chi connectivity index (χ4v) is 7.23. The Morgan fingerprint density at radius 1 is 1.11 bits per heavy atom. The van der Waals surface area contributed by atoms with Gasteiger partial charge in [-0.2, -0.15) is 0 Å². The van der Waals surface area contributed by atoms with Crippen LogP contribution in [0.25, 0.3) is 0 Å². The number of benzene rings is 2. The largest absolute Gasteiger partial charge is 0.481 e. The molecule has 0 amide bonds. The second-order valence-corrected chi connectivity index (χ2v) is 12.7. The van der Waals surface area contributed by atoms with E-state index in [9.17, 15) is 9.90 Å². The average Bonchev–Trinajstić information content (AvgIpc) is 3.42. The van der Waals surface area contributed by atoms with E-state index in [0.29, 0.717) is 21.4 Å². The van der Waals surface area contributed by atoms with Crippen LogP contribution >= 0.6 is 8.58 Å². The number of nitrogens with zero attached hydrogens (tertiary/aromatic N) is 2. The first-order chi connectivity index (χ1) is 17.9. The van der Waals surface area contributed by atoms with Crippen LogP contribution in [0.2, 0.25) is 0 Å². The van der Waals surface area contributed by atoms with E-state index in [1.165, 1.54) is 55.2 Å². The number of aliphatic carboxylic acids is 1. The molecule has 6 heteroatoms. The number of oxime groups is 1. The molecular formula is C31H41N2O3P. The molecule has 2 atom stereocenters. The molecule has 2 fully saturated rings. The number of carboxylic acids is 1. The minimum atomic E-state index is -0.669. The topological polar surface area (TPSA) is 62.1 Å². The molecule has 5 nitrogen and oxygen atoms in total. The summed E-state index contributed by atoms with van der Waals surface area (Å²) in [4.78, 5) is 19.8. The lowest BCUT2D eigenvalue weighted by Crippen LogP contribution is -2.42. The van der Waals surface area contributed by atoms with Gasteiger partial charge in [0.1, 0.15) is 5.45 Å². The number of piperidine rings is 1. The van der Waals surface area contributed by atoms with Gasteiger partial charge in [-0.3, -0.25) is 9.69 Å². The monoisotopic (exact) mass is 520 g/mol. The van der Waals surface area contributed by atoms with Crippen molar-refractivity contribution in [2.75, 3.05) is 13.1 Å². The number of hydrogen-bond acceptors (Lipinski definition) is 4. The minimum Gasteiger partial charge on any atom is -0.481 e. The Balaban J connectivity index is 1.19. The third-order valence-corrected chi connectivity index (χ3v) is 10.0. The van der Waals surface area contributed by atoms with Crippen molar-refractivity contribution in [2.24, 2.45) is 10.6 Å². The molecule has 198 valence electrons. The highest BCUT2D eigenvalue weighted by Gasteiger charge is 2.36. The fourth-order valence-electron chi connectivity index (χ4n) is 6.09. The van der Waals surface area contributed by atoms with E-state index < -0.39 is 11.4 Å². The summed E-state index contributed by atoms with van der Waals surface area (Å²) in [6.07, 6.45) is 10.5. The Kier molecular flexibility index (Phi) is 8.31. The summed E-state index contributed by atoms with van der Waals surface area (Å²) in [5.41, 5.74) is 7.20. The summed E-state index contributed by atoms with van der Waals surface area (Å²) in [5, 5.41) is 14.0. The van der Waals surface area contributed by atoms with Gasteiger partial charge in [0.2, 0.25) is 0 Å². The van der Waals surface area contributed by atoms with E-state index in [1.54, 1.807) is 5.56 Å². The molecule has 2 heterocycles. The van der Waals surface area contributed by atoms with Crippen molar-refractivity contribution in [2.45, 2.75) is 89.9 Å². The maximum absolute atomic E-state index is 11.5.